The maximum atomic E-state index is 11.5. The molecule has 0 bridgehead atoms. The minimum absolute atomic E-state index is 0.195. The molecule has 0 atom stereocenters. The molecule has 1 heterocycles. The van der Waals surface area contributed by atoms with Gasteiger partial charge >= 0.3 is 0 Å². The van der Waals surface area contributed by atoms with Crippen molar-refractivity contribution < 1.29 is 19.0 Å². The van der Waals surface area contributed by atoms with Crippen molar-refractivity contribution >= 4 is 5.91 Å². The molecule has 0 saturated carbocycles. The molecular weight excluding hydrogens is 256 g/mol. The summed E-state index contributed by atoms with van der Waals surface area (Å²) < 4.78 is 6.09. The van der Waals surface area contributed by atoms with E-state index in [1.165, 1.54) is 0 Å². The van der Waals surface area contributed by atoms with Gasteiger partial charge in [-0.15, -0.1) is 0 Å². The van der Waals surface area contributed by atoms with Gasteiger partial charge in [-0.1, -0.05) is 13.3 Å². The van der Waals surface area contributed by atoms with E-state index >= 15 is 0 Å². The van der Waals surface area contributed by atoms with Crippen LogP contribution in [-0.4, -0.2) is 57.1 Å². The summed E-state index contributed by atoms with van der Waals surface area (Å²) in [6, 6.07) is 0. The van der Waals surface area contributed by atoms with Crippen molar-refractivity contribution in [1.29, 1.82) is 0 Å². The van der Waals surface area contributed by atoms with Crippen LogP contribution in [0.25, 0.3) is 0 Å². The summed E-state index contributed by atoms with van der Waals surface area (Å²) >= 11 is 0. The lowest BCUT2D eigenvalue weighted by Crippen LogP contribution is -2.54. The molecule has 1 rings (SSSR count). The second kappa shape index (κ2) is 10.1. The van der Waals surface area contributed by atoms with Crippen LogP contribution in [0.3, 0.4) is 0 Å². The number of carbonyl (C=O) groups is 1. The standard InChI is InChI=1S/C15H30N2O3/c1-3-4-9-16-15(18)8-6-5-7-10-17(19-2)11-13-20-14-12-17/h3-14H2,1-2H3/p+1. The Bertz CT molecular complexity index is 266. The van der Waals surface area contributed by atoms with E-state index < -0.39 is 0 Å². The predicted molar refractivity (Wildman–Crippen MR) is 79.1 cm³/mol. The molecule has 118 valence electrons. The minimum atomic E-state index is 0.195. The van der Waals surface area contributed by atoms with Crippen molar-refractivity contribution in [2.24, 2.45) is 0 Å². The summed E-state index contributed by atoms with van der Waals surface area (Å²) in [6.45, 7) is 7.42. The first-order valence-electron chi connectivity index (χ1n) is 7.99. The normalized spacial score (nSPS) is 17.9. The third-order valence-corrected chi connectivity index (χ3v) is 4.00. The molecule has 0 radical (unpaired) electrons. The Balaban J connectivity index is 2.04. The number of hydrogen-bond acceptors (Lipinski definition) is 3. The lowest BCUT2D eigenvalue weighted by Gasteiger charge is -2.37. The predicted octanol–water partition coefficient (Wildman–Crippen LogP) is 1.87. The molecule has 0 aromatic heterocycles. The molecular formula is C15H31N2O3+. The number of carbonyl (C=O) groups excluding carboxylic acids is 1. The van der Waals surface area contributed by atoms with Crippen LogP contribution in [0.2, 0.25) is 0 Å². The van der Waals surface area contributed by atoms with E-state index in [2.05, 4.69) is 12.2 Å². The first kappa shape index (κ1) is 17.4. The summed E-state index contributed by atoms with van der Waals surface area (Å²) in [7, 11) is 1.78. The summed E-state index contributed by atoms with van der Waals surface area (Å²) in [4.78, 5) is 17.2. The van der Waals surface area contributed by atoms with Crippen molar-refractivity contribution in [2.45, 2.75) is 45.4 Å². The van der Waals surface area contributed by atoms with Gasteiger partial charge in [0.05, 0.1) is 20.3 Å². The van der Waals surface area contributed by atoms with Crippen molar-refractivity contribution in [3.05, 3.63) is 0 Å². The van der Waals surface area contributed by atoms with Crippen LogP contribution in [0.15, 0.2) is 0 Å². The van der Waals surface area contributed by atoms with Crippen LogP contribution in [0.1, 0.15) is 45.4 Å². The topological polar surface area (TPSA) is 47.6 Å². The lowest BCUT2D eigenvalue weighted by atomic mass is 10.1. The van der Waals surface area contributed by atoms with E-state index in [9.17, 15) is 4.79 Å². The highest BCUT2D eigenvalue weighted by Crippen LogP contribution is 2.14. The third kappa shape index (κ3) is 6.68. The van der Waals surface area contributed by atoms with Crippen LogP contribution < -0.4 is 5.32 Å². The van der Waals surface area contributed by atoms with Crippen molar-refractivity contribution in [3.63, 3.8) is 0 Å². The zero-order chi connectivity index (χ0) is 14.7. The maximum Gasteiger partial charge on any atom is 0.219 e. The van der Waals surface area contributed by atoms with Crippen molar-refractivity contribution in [1.82, 2.24) is 5.32 Å². The fourth-order valence-corrected chi connectivity index (χ4v) is 2.53. The number of rotatable bonds is 10. The molecule has 0 spiro atoms. The molecule has 1 aliphatic heterocycles. The largest absolute Gasteiger partial charge is 0.370 e. The fraction of sp³-hybridized carbons (Fsp3) is 0.933. The zero-order valence-electron chi connectivity index (χ0n) is 13.2. The fourth-order valence-electron chi connectivity index (χ4n) is 2.53. The number of morpholine rings is 1. The molecule has 1 saturated heterocycles. The zero-order valence-corrected chi connectivity index (χ0v) is 13.2. The third-order valence-electron chi connectivity index (χ3n) is 4.00. The van der Waals surface area contributed by atoms with E-state index in [0.717, 1.165) is 71.5 Å². The molecule has 0 aliphatic carbocycles. The van der Waals surface area contributed by atoms with Gasteiger partial charge in [-0.05, 0) is 25.7 Å². The summed E-state index contributed by atoms with van der Waals surface area (Å²) in [5.41, 5.74) is 0. The molecule has 1 aliphatic rings. The highest BCUT2D eigenvalue weighted by Gasteiger charge is 2.30. The van der Waals surface area contributed by atoms with Crippen LogP contribution >= 0.6 is 0 Å². The Morgan fingerprint density at radius 1 is 1.20 bits per heavy atom. The molecule has 5 nitrogen and oxygen atoms in total. The molecule has 0 aromatic rings. The van der Waals surface area contributed by atoms with Gasteiger partial charge in [-0.2, -0.15) is 4.65 Å². The van der Waals surface area contributed by atoms with Gasteiger partial charge in [-0.3, -0.25) is 4.79 Å². The summed E-state index contributed by atoms with van der Waals surface area (Å²) in [6.07, 6.45) is 6.02. The quantitative estimate of drug-likeness (QED) is 0.493. The summed E-state index contributed by atoms with van der Waals surface area (Å²) in [5, 5.41) is 2.96. The van der Waals surface area contributed by atoms with Crippen LogP contribution in [0, 0.1) is 0 Å². The van der Waals surface area contributed by atoms with E-state index in [1.807, 2.05) is 0 Å². The average molecular weight is 287 g/mol. The number of hydrogen-bond donors (Lipinski definition) is 1. The van der Waals surface area contributed by atoms with Crippen molar-refractivity contribution in [3.8, 4) is 0 Å². The molecule has 1 N–H and O–H groups in total. The highest BCUT2D eigenvalue weighted by atomic mass is 16.7. The number of ether oxygens (including phenoxy) is 1. The van der Waals surface area contributed by atoms with Gasteiger partial charge in [0, 0.05) is 13.0 Å². The number of amides is 1. The van der Waals surface area contributed by atoms with Gasteiger partial charge in [0.1, 0.15) is 19.6 Å². The van der Waals surface area contributed by atoms with Gasteiger partial charge in [0.15, 0.2) is 0 Å². The van der Waals surface area contributed by atoms with Crippen molar-refractivity contribution in [2.75, 3.05) is 46.5 Å². The Kier molecular flexibility index (Phi) is 8.82. The van der Waals surface area contributed by atoms with Gasteiger partial charge in [0.2, 0.25) is 5.91 Å². The van der Waals surface area contributed by atoms with Crippen LogP contribution in [-0.2, 0) is 14.4 Å². The Morgan fingerprint density at radius 3 is 2.60 bits per heavy atom. The maximum absolute atomic E-state index is 11.5. The second-order valence-corrected chi connectivity index (χ2v) is 5.54. The van der Waals surface area contributed by atoms with Gasteiger partial charge in [-0.25, -0.2) is 4.84 Å². The second-order valence-electron chi connectivity index (χ2n) is 5.54. The van der Waals surface area contributed by atoms with E-state index in [-0.39, 0.29) is 5.91 Å². The molecule has 1 amide bonds. The Morgan fingerprint density at radius 2 is 1.95 bits per heavy atom. The molecule has 1 fully saturated rings. The first-order chi connectivity index (χ1) is 9.72. The van der Waals surface area contributed by atoms with E-state index in [0.29, 0.717) is 11.1 Å². The molecule has 0 aromatic carbocycles. The number of hydroxylamine groups is 3. The van der Waals surface area contributed by atoms with E-state index in [4.69, 9.17) is 9.57 Å². The Hall–Kier alpha value is -0.650. The number of unbranched alkanes of at least 4 members (excludes halogenated alkanes) is 3. The average Bonchev–Trinajstić information content (AvgIpc) is 2.48. The number of nitrogens with one attached hydrogen (secondary N) is 1. The van der Waals surface area contributed by atoms with Gasteiger partial charge < -0.3 is 10.1 Å². The lowest BCUT2D eigenvalue weighted by molar-refractivity contribution is -1.11. The monoisotopic (exact) mass is 287 g/mol. The first-order valence-corrected chi connectivity index (χ1v) is 7.99. The van der Waals surface area contributed by atoms with Crippen LogP contribution in [0.4, 0.5) is 0 Å². The molecule has 20 heavy (non-hydrogen) atoms. The SMILES string of the molecule is CCCCNC(=O)CCCCC[N+]1(OC)CCOCC1. The summed E-state index contributed by atoms with van der Waals surface area (Å²) in [5.74, 6) is 0.195. The number of quaternary nitrogens is 1. The number of nitrogens with zero attached hydrogens (tertiary/aromatic N) is 1. The molecule has 0 unspecified atom stereocenters. The highest BCUT2D eigenvalue weighted by molar-refractivity contribution is 5.75. The van der Waals surface area contributed by atoms with Gasteiger partial charge in [0.25, 0.3) is 0 Å². The van der Waals surface area contributed by atoms with E-state index in [1.54, 1.807) is 7.11 Å². The minimum Gasteiger partial charge on any atom is -0.370 e. The smallest absolute Gasteiger partial charge is 0.219 e. The molecule has 5 heteroatoms. The van der Waals surface area contributed by atoms with Crippen LogP contribution in [0.5, 0.6) is 0 Å². The Labute approximate surface area is 123 Å².